The summed E-state index contributed by atoms with van der Waals surface area (Å²) < 4.78 is 5.13. The second-order valence-corrected chi connectivity index (χ2v) is 4.55. The average Bonchev–Trinajstić information content (AvgIpc) is 2.72. The Balaban J connectivity index is 1.80. The van der Waals surface area contributed by atoms with Gasteiger partial charge in [0.1, 0.15) is 5.76 Å². The van der Waals surface area contributed by atoms with Gasteiger partial charge in [0.05, 0.1) is 6.26 Å². The van der Waals surface area contributed by atoms with Gasteiger partial charge in [0.25, 0.3) is 0 Å². The third kappa shape index (κ3) is 4.10. The molecule has 2 rings (SSSR count). The first kappa shape index (κ1) is 12.0. The number of carbonyl (C=O) groups excluding carboxylic acids is 1. The first-order chi connectivity index (χ1) is 8.34. The summed E-state index contributed by atoms with van der Waals surface area (Å²) >= 11 is 0. The Hall–Kier alpha value is -1.51. The molecule has 17 heavy (non-hydrogen) atoms. The predicted molar refractivity (Wildman–Crippen MR) is 67.4 cm³/mol. The fourth-order valence-electron chi connectivity index (χ4n) is 2.22. The molecular weight excluding hydrogens is 214 g/mol. The molecule has 0 saturated heterocycles. The van der Waals surface area contributed by atoms with Crippen LogP contribution < -0.4 is 5.32 Å². The molecule has 1 amide bonds. The maximum atomic E-state index is 11.7. The van der Waals surface area contributed by atoms with Crippen molar-refractivity contribution in [1.82, 2.24) is 5.32 Å². The molecule has 0 radical (unpaired) electrons. The molecule has 1 N–H and O–H groups in total. The lowest BCUT2D eigenvalue weighted by Gasteiger charge is -2.14. The Kier molecular flexibility index (Phi) is 4.42. The van der Waals surface area contributed by atoms with Crippen molar-refractivity contribution in [2.45, 2.75) is 44.6 Å². The highest BCUT2D eigenvalue weighted by Gasteiger charge is 2.12. The van der Waals surface area contributed by atoms with Gasteiger partial charge in [0, 0.05) is 12.1 Å². The van der Waals surface area contributed by atoms with Crippen LogP contribution in [-0.4, -0.2) is 11.9 Å². The summed E-state index contributed by atoms with van der Waals surface area (Å²) in [5, 5.41) is 3.05. The van der Waals surface area contributed by atoms with Crippen LogP contribution in [0.15, 0.2) is 28.9 Å². The summed E-state index contributed by atoms with van der Waals surface area (Å²) in [6.45, 7) is 0. The normalized spacial score (nSPS) is 18.1. The van der Waals surface area contributed by atoms with Gasteiger partial charge in [0.2, 0.25) is 5.91 Å². The van der Waals surface area contributed by atoms with Crippen LogP contribution in [-0.2, 0) is 4.79 Å². The van der Waals surface area contributed by atoms with Crippen molar-refractivity contribution in [3.05, 3.63) is 30.2 Å². The Bertz CT molecular complexity index is 360. The summed E-state index contributed by atoms with van der Waals surface area (Å²) in [6, 6.07) is 3.99. The SMILES string of the molecule is O=C(/C=C/c1ccco1)NC1CCCCCC1. The minimum absolute atomic E-state index is 0.0201. The molecule has 0 aliphatic heterocycles. The van der Waals surface area contributed by atoms with Gasteiger partial charge in [-0.2, -0.15) is 0 Å². The van der Waals surface area contributed by atoms with Crippen LogP contribution >= 0.6 is 0 Å². The molecule has 0 spiro atoms. The zero-order valence-corrected chi connectivity index (χ0v) is 10.0. The monoisotopic (exact) mass is 233 g/mol. The van der Waals surface area contributed by atoms with E-state index >= 15 is 0 Å². The molecule has 3 heteroatoms. The minimum Gasteiger partial charge on any atom is -0.465 e. The van der Waals surface area contributed by atoms with E-state index in [1.54, 1.807) is 18.4 Å². The average molecular weight is 233 g/mol. The second-order valence-electron chi connectivity index (χ2n) is 4.55. The Morgan fingerprint density at radius 1 is 1.29 bits per heavy atom. The van der Waals surface area contributed by atoms with Crippen molar-refractivity contribution in [2.24, 2.45) is 0 Å². The van der Waals surface area contributed by atoms with Gasteiger partial charge in [-0.05, 0) is 31.1 Å². The Labute approximate surface area is 102 Å². The predicted octanol–water partition coefficient (Wildman–Crippen LogP) is 3.13. The molecule has 1 saturated carbocycles. The molecule has 0 bridgehead atoms. The lowest BCUT2D eigenvalue weighted by atomic mass is 10.1. The van der Waals surface area contributed by atoms with E-state index in [4.69, 9.17) is 4.42 Å². The van der Waals surface area contributed by atoms with Crippen LogP contribution in [0.2, 0.25) is 0 Å². The van der Waals surface area contributed by atoms with Gasteiger partial charge >= 0.3 is 0 Å². The van der Waals surface area contributed by atoms with Crippen molar-refractivity contribution < 1.29 is 9.21 Å². The van der Waals surface area contributed by atoms with Gasteiger partial charge < -0.3 is 9.73 Å². The van der Waals surface area contributed by atoms with Crippen molar-refractivity contribution >= 4 is 12.0 Å². The third-order valence-electron chi connectivity index (χ3n) is 3.14. The summed E-state index contributed by atoms with van der Waals surface area (Å²) in [4.78, 5) is 11.7. The summed E-state index contributed by atoms with van der Waals surface area (Å²) in [5.41, 5.74) is 0. The molecule has 1 heterocycles. The Morgan fingerprint density at radius 3 is 2.71 bits per heavy atom. The lowest BCUT2D eigenvalue weighted by molar-refractivity contribution is -0.117. The highest BCUT2D eigenvalue weighted by Crippen LogP contribution is 2.17. The number of carbonyl (C=O) groups is 1. The molecule has 1 aromatic heterocycles. The largest absolute Gasteiger partial charge is 0.465 e. The highest BCUT2D eigenvalue weighted by atomic mass is 16.3. The molecule has 1 aliphatic carbocycles. The molecular formula is C14H19NO2. The lowest BCUT2D eigenvalue weighted by Crippen LogP contribution is -2.33. The Morgan fingerprint density at radius 2 is 2.06 bits per heavy atom. The maximum Gasteiger partial charge on any atom is 0.244 e. The number of rotatable bonds is 3. The van der Waals surface area contributed by atoms with Crippen LogP contribution in [0.1, 0.15) is 44.3 Å². The molecule has 0 atom stereocenters. The summed E-state index contributed by atoms with van der Waals surface area (Å²) in [7, 11) is 0. The molecule has 1 aliphatic rings. The standard InChI is InChI=1S/C14H19NO2/c16-14(10-9-13-8-5-11-17-13)15-12-6-3-1-2-4-7-12/h5,8-12H,1-4,6-7H2,(H,15,16)/b10-9+. The topological polar surface area (TPSA) is 42.2 Å². The maximum absolute atomic E-state index is 11.7. The van der Waals surface area contributed by atoms with Gasteiger partial charge in [-0.25, -0.2) is 0 Å². The summed E-state index contributed by atoms with van der Waals surface area (Å²) in [6.07, 6.45) is 12.1. The summed E-state index contributed by atoms with van der Waals surface area (Å²) in [5.74, 6) is 0.689. The second kappa shape index (κ2) is 6.28. The molecule has 1 fully saturated rings. The quantitative estimate of drug-likeness (QED) is 0.643. The number of furan rings is 1. The third-order valence-corrected chi connectivity index (χ3v) is 3.14. The van der Waals surface area contributed by atoms with Crippen LogP contribution in [0.3, 0.4) is 0 Å². The smallest absolute Gasteiger partial charge is 0.244 e. The first-order valence-corrected chi connectivity index (χ1v) is 6.37. The van der Waals surface area contributed by atoms with E-state index in [9.17, 15) is 4.79 Å². The molecule has 1 aromatic rings. The van der Waals surface area contributed by atoms with Gasteiger partial charge in [-0.15, -0.1) is 0 Å². The molecule has 3 nitrogen and oxygen atoms in total. The number of nitrogens with one attached hydrogen (secondary N) is 1. The van der Waals surface area contributed by atoms with Gasteiger partial charge in [0.15, 0.2) is 0 Å². The van der Waals surface area contributed by atoms with Crippen LogP contribution in [0, 0.1) is 0 Å². The first-order valence-electron chi connectivity index (χ1n) is 6.37. The zero-order chi connectivity index (χ0) is 11.9. The fourth-order valence-corrected chi connectivity index (χ4v) is 2.22. The minimum atomic E-state index is -0.0201. The van der Waals surface area contributed by atoms with Gasteiger partial charge in [-0.1, -0.05) is 25.7 Å². The van der Waals surface area contributed by atoms with Crippen molar-refractivity contribution in [3.8, 4) is 0 Å². The number of hydrogen-bond acceptors (Lipinski definition) is 2. The van der Waals surface area contributed by atoms with E-state index in [2.05, 4.69) is 5.32 Å². The van der Waals surface area contributed by atoms with Crippen molar-refractivity contribution in [2.75, 3.05) is 0 Å². The van der Waals surface area contributed by atoms with Crippen LogP contribution in [0.5, 0.6) is 0 Å². The zero-order valence-electron chi connectivity index (χ0n) is 10.0. The van der Waals surface area contributed by atoms with E-state index in [1.807, 2.05) is 12.1 Å². The van der Waals surface area contributed by atoms with E-state index in [-0.39, 0.29) is 5.91 Å². The van der Waals surface area contributed by atoms with E-state index in [1.165, 1.54) is 25.7 Å². The highest BCUT2D eigenvalue weighted by molar-refractivity contribution is 5.91. The van der Waals surface area contributed by atoms with E-state index in [0.29, 0.717) is 11.8 Å². The van der Waals surface area contributed by atoms with E-state index in [0.717, 1.165) is 12.8 Å². The molecule has 0 unspecified atom stereocenters. The van der Waals surface area contributed by atoms with Crippen molar-refractivity contribution in [1.29, 1.82) is 0 Å². The van der Waals surface area contributed by atoms with Crippen molar-refractivity contribution in [3.63, 3.8) is 0 Å². The molecule has 0 aromatic carbocycles. The number of amides is 1. The number of hydrogen-bond donors (Lipinski definition) is 1. The van der Waals surface area contributed by atoms with Crippen LogP contribution in [0.25, 0.3) is 6.08 Å². The van der Waals surface area contributed by atoms with Crippen LogP contribution in [0.4, 0.5) is 0 Å². The molecule has 92 valence electrons. The van der Waals surface area contributed by atoms with E-state index < -0.39 is 0 Å². The fraction of sp³-hybridized carbons (Fsp3) is 0.500. The van der Waals surface area contributed by atoms with Gasteiger partial charge in [-0.3, -0.25) is 4.79 Å².